The summed E-state index contributed by atoms with van der Waals surface area (Å²) in [6.45, 7) is 4.89. The number of hydrogen-bond donors (Lipinski definition) is 0. The number of aromatic nitrogens is 1. The Morgan fingerprint density at radius 3 is 2.46 bits per heavy atom. The van der Waals surface area contributed by atoms with Crippen molar-refractivity contribution < 1.29 is 13.2 Å². The van der Waals surface area contributed by atoms with Gasteiger partial charge in [0, 0.05) is 40.1 Å². The van der Waals surface area contributed by atoms with E-state index in [9.17, 15) is 13.2 Å². The lowest BCUT2D eigenvalue weighted by Crippen LogP contribution is -2.22. The average molecular weight is 350 g/mol. The second-order valence-corrected chi connectivity index (χ2v) is 6.95. The molecule has 24 heavy (non-hydrogen) atoms. The summed E-state index contributed by atoms with van der Waals surface area (Å²) in [5.41, 5.74) is 1.12. The van der Waals surface area contributed by atoms with Crippen molar-refractivity contribution in [1.29, 1.82) is 0 Å². The van der Waals surface area contributed by atoms with Crippen LogP contribution in [0.3, 0.4) is 0 Å². The zero-order valence-electron chi connectivity index (χ0n) is 13.3. The van der Waals surface area contributed by atoms with Crippen LogP contribution in [0.2, 0.25) is 0 Å². The molecule has 0 bridgehead atoms. The number of thiophene rings is 1. The van der Waals surface area contributed by atoms with Crippen LogP contribution in [-0.2, 0) is 6.18 Å². The lowest BCUT2D eigenvalue weighted by molar-refractivity contribution is -0.137. The highest BCUT2D eigenvalue weighted by Gasteiger charge is 2.31. The monoisotopic (exact) mass is 350 g/mol. The van der Waals surface area contributed by atoms with E-state index in [2.05, 4.69) is 23.7 Å². The number of alkyl halides is 3. The number of halogens is 3. The fraction of sp³-hybridized carbons (Fsp3) is 0.278. The topological polar surface area (TPSA) is 16.1 Å². The maximum absolute atomic E-state index is 13.1. The van der Waals surface area contributed by atoms with Crippen molar-refractivity contribution in [1.82, 2.24) is 4.98 Å². The third-order valence-electron chi connectivity index (χ3n) is 3.69. The lowest BCUT2D eigenvalue weighted by atomic mass is 10.1. The summed E-state index contributed by atoms with van der Waals surface area (Å²) in [5, 5.41) is 2.56. The fourth-order valence-electron chi connectivity index (χ4n) is 2.63. The summed E-state index contributed by atoms with van der Waals surface area (Å²) >= 11 is 1.46. The van der Waals surface area contributed by atoms with Gasteiger partial charge in [-0.15, -0.1) is 11.3 Å². The van der Waals surface area contributed by atoms with Crippen LogP contribution in [0.5, 0.6) is 0 Å². The molecule has 0 N–H and O–H groups in total. The number of benzene rings is 1. The third kappa shape index (κ3) is 3.38. The van der Waals surface area contributed by atoms with Gasteiger partial charge in [0.25, 0.3) is 0 Å². The number of anilines is 2. The first-order valence-corrected chi connectivity index (χ1v) is 8.50. The standard InChI is InChI=1S/C18H17F3N2S/c1-12(2)10-23(14-5-7-22-8-6-14)16-11-24-17-4-3-13(9-15(16)17)18(19,20)21/h3-9,11-12H,10H2,1-2H3. The van der Waals surface area contributed by atoms with E-state index >= 15 is 0 Å². The molecule has 0 unspecified atom stereocenters. The highest BCUT2D eigenvalue weighted by atomic mass is 32.1. The Morgan fingerprint density at radius 1 is 1.12 bits per heavy atom. The minimum Gasteiger partial charge on any atom is -0.340 e. The molecule has 6 heteroatoms. The van der Waals surface area contributed by atoms with Crippen molar-refractivity contribution >= 4 is 32.8 Å². The molecule has 0 fully saturated rings. The minimum absolute atomic E-state index is 0.360. The highest BCUT2D eigenvalue weighted by molar-refractivity contribution is 7.17. The molecule has 0 aliphatic carbocycles. The van der Waals surface area contributed by atoms with E-state index in [1.54, 1.807) is 18.5 Å². The van der Waals surface area contributed by atoms with Gasteiger partial charge in [-0.1, -0.05) is 13.8 Å². The Morgan fingerprint density at radius 2 is 1.83 bits per heavy atom. The summed E-state index contributed by atoms with van der Waals surface area (Å²) in [6.07, 6.45) is -0.955. The van der Waals surface area contributed by atoms with Gasteiger partial charge >= 0.3 is 6.18 Å². The molecule has 1 aromatic carbocycles. The Hall–Kier alpha value is -2.08. The molecule has 0 spiro atoms. The smallest absolute Gasteiger partial charge is 0.340 e. The molecule has 2 aromatic heterocycles. The van der Waals surface area contributed by atoms with E-state index in [0.717, 1.165) is 22.1 Å². The van der Waals surface area contributed by atoms with Gasteiger partial charge in [-0.3, -0.25) is 4.98 Å². The Balaban J connectivity index is 2.14. The molecular formula is C18H17F3N2S. The number of fused-ring (bicyclic) bond motifs is 1. The van der Waals surface area contributed by atoms with E-state index in [1.165, 1.54) is 17.4 Å². The normalized spacial score (nSPS) is 12.1. The molecular weight excluding hydrogens is 333 g/mol. The Bertz CT molecular complexity index is 825. The molecule has 0 amide bonds. The minimum atomic E-state index is -4.34. The van der Waals surface area contributed by atoms with Crippen molar-refractivity contribution in [2.75, 3.05) is 11.4 Å². The van der Waals surface area contributed by atoms with Crippen LogP contribution in [0.15, 0.2) is 48.1 Å². The number of hydrogen-bond acceptors (Lipinski definition) is 3. The van der Waals surface area contributed by atoms with Crippen LogP contribution in [0.1, 0.15) is 19.4 Å². The fourth-order valence-corrected chi connectivity index (χ4v) is 3.56. The van der Waals surface area contributed by atoms with Gasteiger partial charge in [-0.05, 0) is 36.2 Å². The molecule has 2 heterocycles. The lowest BCUT2D eigenvalue weighted by Gasteiger charge is -2.26. The number of nitrogens with zero attached hydrogens (tertiary/aromatic N) is 2. The molecule has 0 atom stereocenters. The first-order valence-electron chi connectivity index (χ1n) is 7.62. The van der Waals surface area contributed by atoms with Crippen LogP contribution in [-0.4, -0.2) is 11.5 Å². The first kappa shape index (κ1) is 16.8. The van der Waals surface area contributed by atoms with Gasteiger partial charge in [0.1, 0.15) is 0 Å². The van der Waals surface area contributed by atoms with Crippen molar-refractivity contribution in [2.24, 2.45) is 5.92 Å². The van der Waals surface area contributed by atoms with E-state index in [1.807, 2.05) is 17.5 Å². The summed E-state index contributed by atoms with van der Waals surface area (Å²) in [4.78, 5) is 6.09. The maximum Gasteiger partial charge on any atom is 0.416 e. The van der Waals surface area contributed by atoms with E-state index in [4.69, 9.17) is 0 Å². The van der Waals surface area contributed by atoms with E-state index in [0.29, 0.717) is 17.8 Å². The summed E-state index contributed by atoms with van der Waals surface area (Å²) in [7, 11) is 0. The molecule has 0 radical (unpaired) electrons. The second kappa shape index (κ2) is 6.43. The predicted molar refractivity (Wildman–Crippen MR) is 92.9 cm³/mol. The first-order chi connectivity index (χ1) is 11.4. The van der Waals surface area contributed by atoms with Gasteiger partial charge in [0.05, 0.1) is 11.3 Å². The van der Waals surface area contributed by atoms with Crippen LogP contribution < -0.4 is 4.90 Å². The van der Waals surface area contributed by atoms with Gasteiger partial charge in [-0.25, -0.2) is 0 Å². The zero-order chi connectivity index (χ0) is 17.3. The molecule has 0 aliphatic heterocycles. The molecule has 0 aliphatic rings. The molecule has 3 aromatic rings. The Kier molecular flexibility index (Phi) is 4.49. The van der Waals surface area contributed by atoms with Crippen LogP contribution in [0.4, 0.5) is 24.5 Å². The SMILES string of the molecule is CC(C)CN(c1ccncc1)c1csc2ccc(C(F)(F)F)cc12. The highest BCUT2D eigenvalue weighted by Crippen LogP contribution is 2.40. The summed E-state index contributed by atoms with van der Waals surface area (Å²) in [6, 6.07) is 7.68. The summed E-state index contributed by atoms with van der Waals surface area (Å²) < 4.78 is 40.1. The van der Waals surface area contributed by atoms with Crippen molar-refractivity contribution in [3.8, 4) is 0 Å². The van der Waals surface area contributed by atoms with Gasteiger partial charge < -0.3 is 4.90 Å². The number of rotatable bonds is 4. The Labute approximate surface area is 142 Å². The average Bonchev–Trinajstić information content (AvgIpc) is 2.95. The second-order valence-electron chi connectivity index (χ2n) is 6.04. The van der Waals surface area contributed by atoms with Crippen LogP contribution in [0.25, 0.3) is 10.1 Å². The zero-order valence-corrected chi connectivity index (χ0v) is 14.2. The van der Waals surface area contributed by atoms with Gasteiger partial charge in [0.15, 0.2) is 0 Å². The predicted octanol–water partition coefficient (Wildman–Crippen LogP) is 6.11. The molecule has 2 nitrogen and oxygen atoms in total. The maximum atomic E-state index is 13.1. The van der Waals surface area contributed by atoms with Crippen LogP contribution >= 0.6 is 11.3 Å². The molecule has 0 saturated carbocycles. The van der Waals surface area contributed by atoms with Crippen LogP contribution in [0, 0.1) is 5.92 Å². The van der Waals surface area contributed by atoms with Gasteiger partial charge in [-0.2, -0.15) is 13.2 Å². The van der Waals surface area contributed by atoms with E-state index < -0.39 is 11.7 Å². The van der Waals surface area contributed by atoms with Gasteiger partial charge in [0.2, 0.25) is 0 Å². The largest absolute Gasteiger partial charge is 0.416 e. The van der Waals surface area contributed by atoms with Crippen molar-refractivity contribution in [3.05, 3.63) is 53.7 Å². The van der Waals surface area contributed by atoms with Crippen molar-refractivity contribution in [3.63, 3.8) is 0 Å². The molecule has 126 valence electrons. The van der Waals surface area contributed by atoms with Crippen molar-refractivity contribution in [2.45, 2.75) is 20.0 Å². The van der Waals surface area contributed by atoms with E-state index in [-0.39, 0.29) is 0 Å². The summed E-state index contributed by atoms with van der Waals surface area (Å²) in [5.74, 6) is 0.360. The molecule has 0 saturated heterocycles. The quantitative estimate of drug-likeness (QED) is 0.564. The number of pyridine rings is 1. The molecule has 3 rings (SSSR count). The third-order valence-corrected chi connectivity index (χ3v) is 4.64.